The quantitative estimate of drug-likeness (QED) is 0.764. The molecule has 0 unspecified atom stereocenters. The van der Waals surface area contributed by atoms with Crippen LogP contribution in [-0.2, 0) is 4.74 Å². The van der Waals surface area contributed by atoms with Crippen molar-refractivity contribution < 1.29 is 13.9 Å². The van der Waals surface area contributed by atoms with Gasteiger partial charge in [0.25, 0.3) is 0 Å². The van der Waals surface area contributed by atoms with Crippen LogP contribution in [-0.4, -0.2) is 25.3 Å². The summed E-state index contributed by atoms with van der Waals surface area (Å²) >= 11 is 6.06. The average Bonchev–Trinajstić information content (AvgIpc) is 2.48. The molecule has 1 heterocycles. The summed E-state index contributed by atoms with van der Waals surface area (Å²) in [5.74, 6) is 0.0532. The van der Waals surface area contributed by atoms with Crippen molar-refractivity contribution in [2.24, 2.45) is 0 Å². The largest absolute Gasteiger partial charge is 0.467 e. The van der Waals surface area contributed by atoms with Crippen LogP contribution >= 0.6 is 11.6 Å². The lowest BCUT2D eigenvalue weighted by Gasteiger charge is -2.30. The Labute approximate surface area is 128 Å². The molecule has 3 nitrogen and oxygen atoms in total. The Balaban J connectivity index is 2.35. The molecule has 1 aromatic rings. The Hall–Kier alpha value is -1.78. The average molecular weight is 310 g/mol. The van der Waals surface area contributed by atoms with E-state index in [1.54, 1.807) is 24.3 Å². The maximum atomic E-state index is 14.3. The third kappa shape index (κ3) is 3.28. The van der Waals surface area contributed by atoms with E-state index in [4.69, 9.17) is 21.1 Å². The number of likely N-dealkylation sites (N-methyl/N-ethyl adjacent to an activating group) is 1. The Morgan fingerprint density at radius 3 is 2.71 bits per heavy atom. The SMILES string of the molecule is C=C1C(Cl)=CC=C(c2ccc(OCOC)cc2F)N1CC. The number of benzene rings is 1. The van der Waals surface area contributed by atoms with Gasteiger partial charge in [-0.2, -0.15) is 0 Å². The van der Waals surface area contributed by atoms with Gasteiger partial charge in [-0.3, -0.25) is 0 Å². The van der Waals surface area contributed by atoms with Crippen LogP contribution in [0.1, 0.15) is 12.5 Å². The van der Waals surface area contributed by atoms with Crippen LogP contribution in [0.3, 0.4) is 0 Å². The highest BCUT2D eigenvalue weighted by molar-refractivity contribution is 6.32. The number of hydrogen-bond donors (Lipinski definition) is 0. The van der Waals surface area contributed by atoms with Crippen LogP contribution < -0.4 is 4.74 Å². The zero-order valence-electron chi connectivity index (χ0n) is 12.0. The highest BCUT2D eigenvalue weighted by Gasteiger charge is 2.21. The van der Waals surface area contributed by atoms with Crippen molar-refractivity contribution in [2.45, 2.75) is 6.92 Å². The van der Waals surface area contributed by atoms with Crippen molar-refractivity contribution in [3.63, 3.8) is 0 Å². The Morgan fingerprint density at radius 1 is 1.33 bits per heavy atom. The molecule has 0 amide bonds. The van der Waals surface area contributed by atoms with E-state index in [2.05, 4.69) is 6.58 Å². The highest BCUT2D eigenvalue weighted by atomic mass is 35.5. The molecule has 0 bridgehead atoms. The highest BCUT2D eigenvalue weighted by Crippen LogP contribution is 2.34. The second-order valence-electron chi connectivity index (χ2n) is 4.45. The van der Waals surface area contributed by atoms with Gasteiger partial charge in [-0.15, -0.1) is 0 Å². The molecule has 0 fully saturated rings. The fourth-order valence-corrected chi connectivity index (χ4v) is 2.29. The van der Waals surface area contributed by atoms with E-state index in [0.717, 1.165) is 5.70 Å². The first-order valence-corrected chi connectivity index (χ1v) is 6.92. The van der Waals surface area contributed by atoms with E-state index >= 15 is 0 Å². The minimum absolute atomic E-state index is 0.0811. The van der Waals surface area contributed by atoms with Crippen molar-refractivity contribution in [3.8, 4) is 5.75 Å². The van der Waals surface area contributed by atoms with E-state index in [9.17, 15) is 4.39 Å². The fraction of sp³-hybridized carbons (Fsp3) is 0.250. The molecular formula is C16H17ClFNO2. The summed E-state index contributed by atoms with van der Waals surface area (Å²) in [6.45, 7) is 6.62. The fourth-order valence-electron chi connectivity index (χ4n) is 2.13. The third-order valence-electron chi connectivity index (χ3n) is 3.16. The first-order valence-electron chi connectivity index (χ1n) is 6.54. The molecule has 0 atom stereocenters. The number of methoxy groups -OCH3 is 1. The molecule has 0 aromatic heterocycles. The van der Waals surface area contributed by atoms with Gasteiger partial charge in [0.15, 0.2) is 6.79 Å². The lowest BCUT2D eigenvalue weighted by atomic mass is 10.1. The van der Waals surface area contributed by atoms with E-state index in [1.165, 1.54) is 13.2 Å². The molecule has 5 heteroatoms. The maximum absolute atomic E-state index is 14.3. The Kier molecular flexibility index (Phi) is 5.04. The number of halogens is 2. The van der Waals surface area contributed by atoms with E-state index in [0.29, 0.717) is 28.6 Å². The van der Waals surface area contributed by atoms with Gasteiger partial charge in [-0.05, 0) is 31.2 Å². The molecular weight excluding hydrogens is 293 g/mol. The van der Waals surface area contributed by atoms with Gasteiger partial charge in [0.1, 0.15) is 11.6 Å². The number of ether oxygens (including phenoxy) is 2. The summed E-state index contributed by atoms with van der Waals surface area (Å²) in [5.41, 5.74) is 1.86. The first-order chi connectivity index (χ1) is 10.1. The molecule has 1 aliphatic rings. The lowest BCUT2D eigenvalue weighted by Crippen LogP contribution is -2.23. The molecule has 0 saturated carbocycles. The van der Waals surface area contributed by atoms with Gasteiger partial charge in [-0.1, -0.05) is 18.2 Å². The Morgan fingerprint density at radius 2 is 2.10 bits per heavy atom. The van der Waals surface area contributed by atoms with E-state index < -0.39 is 0 Å². The number of hydrogen-bond acceptors (Lipinski definition) is 3. The summed E-state index contributed by atoms with van der Waals surface area (Å²) in [5, 5.41) is 0.557. The number of allylic oxidation sites excluding steroid dienone is 3. The van der Waals surface area contributed by atoms with Gasteiger partial charge < -0.3 is 14.4 Å². The van der Waals surface area contributed by atoms with E-state index in [-0.39, 0.29) is 12.6 Å². The molecule has 1 aliphatic heterocycles. The topological polar surface area (TPSA) is 21.7 Å². The second kappa shape index (κ2) is 6.78. The Bertz CT molecular complexity index is 610. The van der Waals surface area contributed by atoms with Crippen LogP contribution in [0.5, 0.6) is 5.75 Å². The number of nitrogens with zero attached hydrogens (tertiary/aromatic N) is 1. The molecule has 0 aliphatic carbocycles. The van der Waals surface area contributed by atoms with Crippen LogP contribution in [0.2, 0.25) is 0 Å². The second-order valence-corrected chi connectivity index (χ2v) is 4.86. The van der Waals surface area contributed by atoms with E-state index in [1.807, 2.05) is 11.8 Å². The summed E-state index contributed by atoms with van der Waals surface area (Å²) < 4.78 is 24.3. The van der Waals surface area contributed by atoms with Gasteiger partial charge in [0, 0.05) is 25.3 Å². The maximum Gasteiger partial charge on any atom is 0.188 e. The molecule has 0 N–H and O–H groups in total. The third-order valence-corrected chi connectivity index (χ3v) is 3.50. The zero-order chi connectivity index (χ0) is 15.4. The van der Waals surface area contributed by atoms with Crippen LogP contribution in [0.15, 0.2) is 47.7 Å². The summed E-state index contributed by atoms with van der Waals surface area (Å²) in [4.78, 5) is 1.87. The molecule has 112 valence electrons. The van der Waals surface area contributed by atoms with Crippen LogP contribution in [0.4, 0.5) is 4.39 Å². The minimum atomic E-state index is -0.368. The van der Waals surface area contributed by atoms with Gasteiger partial charge >= 0.3 is 0 Å². The molecule has 0 saturated heterocycles. The predicted octanol–water partition coefficient (Wildman–Crippen LogP) is 4.12. The molecule has 0 radical (unpaired) electrons. The zero-order valence-corrected chi connectivity index (χ0v) is 12.8. The smallest absolute Gasteiger partial charge is 0.188 e. The molecule has 2 rings (SSSR count). The first kappa shape index (κ1) is 15.6. The lowest BCUT2D eigenvalue weighted by molar-refractivity contribution is 0.0509. The number of rotatable bonds is 5. The van der Waals surface area contributed by atoms with Gasteiger partial charge in [-0.25, -0.2) is 4.39 Å². The van der Waals surface area contributed by atoms with Crippen LogP contribution in [0, 0.1) is 5.82 Å². The van der Waals surface area contributed by atoms with Crippen molar-refractivity contribution >= 4 is 17.3 Å². The van der Waals surface area contributed by atoms with Crippen molar-refractivity contribution in [3.05, 3.63) is 59.0 Å². The summed E-state index contributed by atoms with van der Waals surface area (Å²) in [6.07, 6.45) is 3.51. The standard InChI is InChI=1S/C16H17ClFNO2/c1-4-19-11(2)14(17)7-8-16(19)13-6-5-12(9-15(13)18)21-10-20-3/h5-9H,2,4,10H2,1,3H3. The van der Waals surface area contributed by atoms with Crippen molar-refractivity contribution in [1.29, 1.82) is 0 Å². The summed E-state index contributed by atoms with van der Waals surface area (Å²) in [7, 11) is 1.51. The molecule has 21 heavy (non-hydrogen) atoms. The predicted molar refractivity (Wildman–Crippen MR) is 82.3 cm³/mol. The van der Waals surface area contributed by atoms with Gasteiger partial charge in [0.2, 0.25) is 0 Å². The van der Waals surface area contributed by atoms with Gasteiger partial charge in [0.05, 0.1) is 16.4 Å². The monoisotopic (exact) mass is 309 g/mol. The normalized spacial score (nSPS) is 14.9. The van der Waals surface area contributed by atoms with Crippen molar-refractivity contribution in [2.75, 3.05) is 20.4 Å². The summed E-state index contributed by atoms with van der Waals surface area (Å²) in [6, 6.07) is 4.72. The van der Waals surface area contributed by atoms with Crippen LogP contribution in [0.25, 0.3) is 5.70 Å². The van der Waals surface area contributed by atoms with Crippen molar-refractivity contribution in [1.82, 2.24) is 4.90 Å². The molecule has 0 spiro atoms. The molecule has 1 aromatic carbocycles. The minimum Gasteiger partial charge on any atom is -0.467 e.